The smallest absolute Gasteiger partial charge is 0.243 e. The molecule has 0 spiro atoms. The van der Waals surface area contributed by atoms with E-state index >= 15 is 0 Å². The number of rotatable bonds is 3. The molecular weight excluding hydrogens is 276 g/mol. The average molecular weight is 292 g/mol. The third kappa shape index (κ3) is 2.21. The van der Waals surface area contributed by atoms with Crippen molar-refractivity contribution in [2.45, 2.75) is 17.9 Å². The van der Waals surface area contributed by atoms with Crippen LogP contribution in [-0.4, -0.2) is 31.4 Å². The average Bonchev–Trinajstić information content (AvgIpc) is 2.94. The van der Waals surface area contributed by atoms with Gasteiger partial charge in [-0.2, -0.15) is 4.31 Å². The summed E-state index contributed by atoms with van der Waals surface area (Å²) in [4.78, 5) is 3.40. The van der Waals surface area contributed by atoms with Gasteiger partial charge in [-0.15, -0.1) is 0 Å². The topological polar surface area (TPSA) is 62.4 Å². The summed E-state index contributed by atoms with van der Waals surface area (Å²) in [6.07, 6.45) is 2.60. The van der Waals surface area contributed by atoms with Crippen molar-refractivity contribution in [2.24, 2.45) is 0 Å². The summed E-state index contributed by atoms with van der Waals surface area (Å²) in [5, 5.41) is 0. The Bertz CT molecular complexity index is 704. The van der Waals surface area contributed by atoms with Gasteiger partial charge < -0.3 is 9.72 Å². The van der Waals surface area contributed by atoms with E-state index in [-0.39, 0.29) is 0 Å². The molecule has 2 aromatic rings. The quantitative estimate of drug-likeness (QED) is 0.938. The van der Waals surface area contributed by atoms with Crippen molar-refractivity contribution in [1.82, 2.24) is 9.29 Å². The number of ether oxygens (including phenoxy) is 1. The van der Waals surface area contributed by atoms with Gasteiger partial charge in [0.1, 0.15) is 5.75 Å². The van der Waals surface area contributed by atoms with Crippen molar-refractivity contribution >= 4 is 10.0 Å². The molecule has 0 unspecified atom stereocenters. The highest BCUT2D eigenvalue weighted by Gasteiger charge is 2.28. The van der Waals surface area contributed by atoms with Crippen molar-refractivity contribution < 1.29 is 13.2 Å². The third-order valence-electron chi connectivity index (χ3n) is 3.59. The molecule has 0 aliphatic carbocycles. The summed E-state index contributed by atoms with van der Waals surface area (Å²) < 4.78 is 31.7. The van der Waals surface area contributed by atoms with E-state index in [1.54, 1.807) is 31.4 Å². The molecule has 1 aliphatic rings. The van der Waals surface area contributed by atoms with Crippen molar-refractivity contribution in [1.29, 1.82) is 0 Å². The van der Waals surface area contributed by atoms with Gasteiger partial charge in [0.2, 0.25) is 10.0 Å². The van der Waals surface area contributed by atoms with Crippen molar-refractivity contribution in [2.75, 3.05) is 13.7 Å². The number of nitrogens with zero attached hydrogens (tertiary/aromatic N) is 1. The van der Waals surface area contributed by atoms with Gasteiger partial charge in [-0.3, -0.25) is 0 Å². The largest absolute Gasteiger partial charge is 0.497 e. The molecule has 20 heavy (non-hydrogen) atoms. The van der Waals surface area contributed by atoms with E-state index in [0.717, 1.165) is 12.1 Å². The minimum Gasteiger partial charge on any atom is -0.497 e. The number of H-pyrrole nitrogens is 1. The number of nitrogens with one attached hydrogen (secondary N) is 1. The second-order valence-electron chi connectivity index (χ2n) is 4.75. The Hall–Kier alpha value is -1.79. The van der Waals surface area contributed by atoms with Gasteiger partial charge in [-0.25, -0.2) is 8.42 Å². The van der Waals surface area contributed by atoms with Crippen LogP contribution in [0.4, 0.5) is 0 Å². The van der Waals surface area contributed by atoms with E-state index in [1.165, 1.54) is 9.87 Å². The van der Waals surface area contributed by atoms with Gasteiger partial charge in [0.05, 0.1) is 18.6 Å². The van der Waals surface area contributed by atoms with Gasteiger partial charge in [0, 0.05) is 18.4 Å². The van der Waals surface area contributed by atoms with Crippen LogP contribution in [0.1, 0.15) is 11.3 Å². The zero-order chi connectivity index (χ0) is 14.2. The fraction of sp³-hybridized carbons (Fsp3) is 0.286. The van der Waals surface area contributed by atoms with Crippen LogP contribution < -0.4 is 4.74 Å². The van der Waals surface area contributed by atoms with E-state index in [1.807, 2.05) is 12.3 Å². The first kappa shape index (κ1) is 13.2. The second kappa shape index (κ2) is 4.96. The molecule has 0 fully saturated rings. The van der Waals surface area contributed by atoms with Crippen LogP contribution in [0, 0.1) is 0 Å². The van der Waals surface area contributed by atoms with Crippen LogP contribution in [0.2, 0.25) is 0 Å². The molecule has 1 aromatic heterocycles. The predicted molar refractivity (Wildman–Crippen MR) is 75.1 cm³/mol. The van der Waals surface area contributed by atoms with Gasteiger partial charge in [0.25, 0.3) is 0 Å². The van der Waals surface area contributed by atoms with Crippen LogP contribution >= 0.6 is 0 Å². The molecule has 1 N–H and O–H groups in total. The van der Waals surface area contributed by atoms with Crippen LogP contribution in [0.15, 0.2) is 41.4 Å². The highest BCUT2D eigenvalue weighted by Crippen LogP contribution is 2.25. The second-order valence-corrected chi connectivity index (χ2v) is 6.68. The number of hydrogen-bond acceptors (Lipinski definition) is 3. The number of aromatic nitrogens is 1. The van der Waals surface area contributed by atoms with Gasteiger partial charge in [0.15, 0.2) is 0 Å². The standard InChI is InChI=1S/C14H16N2O3S/c1-19-12-2-4-13(5-3-12)20(17,18)16-9-7-11-6-8-15-14(11)10-16/h2-6,8,15H,7,9-10H2,1H3. The summed E-state index contributed by atoms with van der Waals surface area (Å²) in [6.45, 7) is 0.913. The maximum absolute atomic E-state index is 12.6. The molecule has 6 heteroatoms. The molecule has 0 saturated heterocycles. The number of fused-ring (bicyclic) bond motifs is 1. The highest BCUT2D eigenvalue weighted by atomic mass is 32.2. The first-order valence-corrected chi connectivity index (χ1v) is 7.84. The van der Waals surface area contributed by atoms with Crippen LogP contribution in [0.25, 0.3) is 0 Å². The summed E-state index contributed by atoms with van der Waals surface area (Å²) in [5.74, 6) is 0.647. The first-order chi connectivity index (χ1) is 9.61. The molecule has 1 aromatic carbocycles. The molecule has 0 radical (unpaired) electrons. The lowest BCUT2D eigenvalue weighted by molar-refractivity contribution is 0.387. The third-order valence-corrected chi connectivity index (χ3v) is 5.45. The predicted octanol–water partition coefficient (Wildman–Crippen LogP) is 1.77. The minimum atomic E-state index is -3.45. The minimum absolute atomic E-state index is 0.299. The molecule has 0 atom stereocenters. The molecule has 0 amide bonds. The Morgan fingerprint density at radius 3 is 2.65 bits per heavy atom. The SMILES string of the molecule is COc1ccc(S(=O)(=O)N2CCc3cc[nH]c3C2)cc1. The normalized spacial score (nSPS) is 15.8. The molecule has 1 aliphatic heterocycles. The Kier molecular flexibility index (Phi) is 3.27. The lowest BCUT2D eigenvalue weighted by Crippen LogP contribution is -2.35. The van der Waals surface area contributed by atoms with Crippen molar-refractivity contribution in [3.8, 4) is 5.75 Å². The van der Waals surface area contributed by atoms with E-state index in [4.69, 9.17) is 4.74 Å². The van der Waals surface area contributed by atoms with Gasteiger partial charge in [-0.05, 0) is 42.3 Å². The fourth-order valence-electron chi connectivity index (χ4n) is 2.42. The molecule has 0 saturated carbocycles. The number of methoxy groups -OCH3 is 1. The zero-order valence-electron chi connectivity index (χ0n) is 11.2. The van der Waals surface area contributed by atoms with Crippen LogP contribution in [0.5, 0.6) is 5.75 Å². The monoisotopic (exact) mass is 292 g/mol. The Morgan fingerprint density at radius 2 is 1.95 bits per heavy atom. The molecule has 0 bridgehead atoms. The summed E-state index contributed by atoms with van der Waals surface area (Å²) in [7, 11) is -1.89. The Balaban J connectivity index is 1.88. The fourth-order valence-corrected chi connectivity index (χ4v) is 3.83. The van der Waals surface area contributed by atoms with Gasteiger partial charge in [-0.1, -0.05) is 0 Å². The number of hydrogen-bond donors (Lipinski definition) is 1. The molecule has 2 heterocycles. The first-order valence-electron chi connectivity index (χ1n) is 6.40. The van der Waals surface area contributed by atoms with E-state index in [2.05, 4.69) is 4.98 Å². The molecular formula is C14H16N2O3S. The zero-order valence-corrected chi connectivity index (χ0v) is 12.0. The van der Waals surface area contributed by atoms with Crippen LogP contribution in [-0.2, 0) is 23.0 Å². The summed E-state index contributed by atoms with van der Waals surface area (Å²) in [6, 6.07) is 8.50. The lowest BCUT2D eigenvalue weighted by atomic mass is 10.1. The lowest BCUT2D eigenvalue weighted by Gasteiger charge is -2.26. The Labute approximate surface area is 118 Å². The molecule has 106 valence electrons. The number of benzene rings is 1. The van der Waals surface area contributed by atoms with E-state index < -0.39 is 10.0 Å². The molecule has 5 nitrogen and oxygen atoms in total. The summed E-state index contributed by atoms with van der Waals surface area (Å²) >= 11 is 0. The Morgan fingerprint density at radius 1 is 1.20 bits per heavy atom. The van der Waals surface area contributed by atoms with E-state index in [9.17, 15) is 8.42 Å². The summed E-state index contributed by atoms with van der Waals surface area (Å²) in [5.41, 5.74) is 2.18. The van der Waals surface area contributed by atoms with Crippen LogP contribution in [0.3, 0.4) is 0 Å². The van der Waals surface area contributed by atoms with E-state index in [0.29, 0.717) is 23.7 Å². The molecule has 3 rings (SSSR count). The number of sulfonamides is 1. The maximum atomic E-state index is 12.6. The van der Waals surface area contributed by atoms with Crippen molar-refractivity contribution in [3.05, 3.63) is 47.8 Å². The van der Waals surface area contributed by atoms with Crippen molar-refractivity contribution in [3.63, 3.8) is 0 Å². The number of aromatic amines is 1. The highest BCUT2D eigenvalue weighted by molar-refractivity contribution is 7.89. The van der Waals surface area contributed by atoms with Gasteiger partial charge >= 0.3 is 0 Å². The maximum Gasteiger partial charge on any atom is 0.243 e.